The molecule has 0 bridgehead atoms. The number of hydrogen-bond donors (Lipinski definition) is 1. The van der Waals surface area contributed by atoms with E-state index in [2.05, 4.69) is 47.2 Å². The van der Waals surface area contributed by atoms with E-state index in [0.717, 1.165) is 4.47 Å². The molecule has 0 fully saturated rings. The molecular formula is C18H20BrNO2. The van der Waals surface area contributed by atoms with Gasteiger partial charge in [0.2, 0.25) is 0 Å². The Kier molecular flexibility index (Phi) is 5.24. The number of rotatable bonds is 5. The zero-order valence-corrected chi connectivity index (χ0v) is 14.6. The lowest BCUT2D eigenvalue weighted by Gasteiger charge is -2.25. The van der Waals surface area contributed by atoms with E-state index in [1.165, 1.54) is 5.56 Å². The Morgan fingerprint density at radius 3 is 2.45 bits per heavy atom. The maximum atomic E-state index is 12.3. The molecule has 0 aliphatic carbocycles. The summed E-state index contributed by atoms with van der Waals surface area (Å²) >= 11 is 3.40. The van der Waals surface area contributed by atoms with Crippen molar-refractivity contribution in [3.63, 3.8) is 0 Å². The second kappa shape index (κ2) is 6.97. The minimum Gasteiger partial charge on any atom is -0.496 e. The molecule has 0 aromatic heterocycles. The average Bonchev–Trinajstić information content (AvgIpc) is 2.53. The topological polar surface area (TPSA) is 38.3 Å². The fraction of sp³-hybridized carbons (Fsp3) is 0.278. The van der Waals surface area contributed by atoms with Crippen LogP contribution in [0.25, 0.3) is 0 Å². The van der Waals surface area contributed by atoms with Crippen LogP contribution >= 0.6 is 15.9 Å². The van der Waals surface area contributed by atoms with Crippen molar-refractivity contribution in [2.45, 2.75) is 19.3 Å². The van der Waals surface area contributed by atoms with E-state index in [9.17, 15) is 4.79 Å². The van der Waals surface area contributed by atoms with Gasteiger partial charge in [0.05, 0.1) is 11.6 Å². The largest absolute Gasteiger partial charge is 0.496 e. The van der Waals surface area contributed by atoms with Crippen molar-refractivity contribution in [3.8, 4) is 5.75 Å². The molecule has 0 radical (unpaired) electrons. The average molecular weight is 362 g/mol. The first-order valence-corrected chi connectivity index (χ1v) is 7.90. The van der Waals surface area contributed by atoms with Crippen molar-refractivity contribution in [3.05, 3.63) is 64.1 Å². The van der Waals surface area contributed by atoms with Crippen LogP contribution in [0.4, 0.5) is 0 Å². The Balaban J connectivity index is 2.05. The van der Waals surface area contributed by atoms with Gasteiger partial charge in [0.15, 0.2) is 0 Å². The normalized spacial score (nSPS) is 11.1. The smallest absolute Gasteiger partial charge is 0.251 e. The number of halogens is 1. The SMILES string of the molecule is COc1ccc(C(=O)NCC(C)(C)c2ccccc2)cc1Br. The number of amides is 1. The van der Waals surface area contributed by atoms with E-state index in [1.807, 2.05) is 18.2 Å². The molecule has 2 aromatic carbocycles. The molecule has 1 N–H and O–H groups in total. The summed E-state index contributed by atoms with van der Waals surface area (Å²) in [7, 11) is 1.60. The van der Waals surface area contributed by atoms with Crippen molar-refractivity contribution in [1.82, 2.24) is 5.32 Å². The summed E-state index contributed by atoms with van der Waals surface area (Å²) in [5.41, 5.74) is 1.68. The lowest BCUT2D eigenvalue weighted by molar-refractivity contribution is 0.0945. The van der Waals surface area contributed by atoms with Crippen LogP contribution in [0.5, 0.6) is 5.75 Å². The molecule has 0 aliphatic rings. The quantitative estimate of drug-likeness (QED) is 0.867. The third-order valence-corrected chi connectivity index (χ3v) is 4.28. The summed E-state index contributed by atoms with van der Waals surface area (Å²) in [4.78, 5) is 12.3. The van der Waals surface area contributed by atoms with Gasteiger partial charge < -0.3 is 10.1 Å². The molecule has 1 amide bonds. The summed E-state index contributed by atoms with van der Waals surface area (Å²) in [5.74, 6) is 0.619. The molecule has 22 heavy (non-hydrogen) atoms. The highest BCUT2D eigenvalue weighted by Crippen LogP contribution is 2.26. The van der Waals surface area contributed by atoms with Gasteiger partial charge in [0.25, 0.3) is 5.91 Å². The molecule has 116 valence electrons. The van der Waals surface area contributed by atoms with Crippen LogP contribution in [0.3, 0.4) is 0 Å². The number of benzene rings is 2. The van der Waals surface area contributed by atoms with Crippen LogP contribution in [0.2, 0.25) is 0 Å². The number of ether oxygens (including phenoxy) is 1. The molecule has 0 saturated heterocycles. The van der Waals surface area contributed by atoms with Crippen LogP contribution < -0.4 is 10.1 Å². The van der Waals surface area contributed by atoms with Gasteiger partial charge in [-0.2, -0.15) is 0 Å². The third kappa shape index (κ3) is 3.89. The summed E-state index contributed by atoms with van der Waals surface area (Å²) in [6.07, 6.45) is 0. The number of carbonyl (C=O) groups is 1. The van der Waals surface area contributed by atoms with Crippen molar-refractivity contribution in [2.75, 3.05) is 13.7 Å². The molecule has 0 atom stereocenters. The van der Waals surface area contributed by atoms with Gasteiger partial charge in [0.1, 0.15) is 5.75 Å². The Hall–Kier alpha value is -1.81. The van der Waals surface area contributed by atoms with Crippen molar-refractivity contribution >= 4 is 21.8 Å². The van der Waals surface area contributed by atoms with Crippen molar-refractivity contribution < 1.29 is 9.53 Å². The number of nitrogens with one attached hydrogen (secondary N) is 1. The number of hydrogen-bond acceptors (Lipinski definition) is 2. The minimum atomic E-state index is -0.124. The Morgan fingerprint density at radius 1 is 1.18 bits per heavy atom. The zero-order valence-electron chi connectivity index (χ0n) is 13.0. The van der Waals surface area contributed by atoms with E-state index in [4.69, 9.17) is 4.74 Å². The molecule has 2 aromatic rings. The Morgan fingerprint density at radius 2 is 1.86 bits per heavy atom. The fourth-order valence-electron chi connectivity index (χ4n) is 2.20. The van der Waals surface area contributed by atoms with E-state index in [1.54, 1.807) is 25.3 Å². The summed E-state index contributed by atoms with van der Waals surface area (Å²) in [6, 6.07) is 15.5. The van der Waals surface area contributed by atoms with Crippen LogP contribution in [-0.4, -0.2) is 19.6 Å². The van der Waals surface area contributed by atoms with E-state index < -0.39 is 0 Å². The van der Waals surface area contributed by atoms with Crippen LogP contribution in [-0.2, 0) is 5.41 Å². The zero-order chi connectivity index (χ0) is 16.2. The third-order valence-electron chi connectivity index (χ3n) is 3.66. The monoisotopic (exact) mass is 361 g/mol. The van der Waals surface area contributed by atoms with Crippen LogP contribution in [0, 0.1) is 0 Å². The Labute approximate surface area is 139 Å². The predicted octanol–water partition coefficient (Wildman–Crippen LogP) is 4.17. The fourth-order valence-corrected chi connectivity index (χ4v) is 2.74. The van der Waals surface area contributed by atoms with Crippen molar-refractivity contribution in [2.24, 2.45) is 0 Å². The standard InChI is InChI=1S/C18H20BrNO2/c1-18(2,14-7-5-4-6-8-14)12-20-17(21)13-9-10-16(22-3)15(19)11-13/h4-11H,12H2,1-3H3,(H,20,21). The summed E-state index contributed by atoms with van der Waals surface area (Å²) in [5, 5.41) is 3.00. The van der Waals surface area contributed by atoms with E-state index in [-0.39, 0.29) is 11.3 Å². The van der Waals surface area contributed by atoms with Gasteiger partial charge in [-0.1, -0.05) is 44.2 Å². The molecule has 0 aliphatic heterocycles. The lowest BCUT2D eigenvalue weighted by Crippen LogP contribution is -2.36. The first kappa shape index (κ1) is 16.6. The highest BCUT2D eigenvalue weighted by atomic mass is 79.9. The number of methoxy groups -OCH3 is 1. The first-order chi connectivity index (χ1) is 10.4. The minimum absolute atomic E-state index is 0.0904. The molecule has 0 heterocycles. The molecule has 2 rings (SSSR count). The molecular weight excluding hydrogens is 342 g/mol. The van der Waals surface area contributed by atoms with Gasteiger partial charge >= 0.3 is 0 Å². The predicted molar refractivity (Wildman–Crippen MR) is 92.5 cm³/mol. The van der Waals surface area contributed by atoms with E-state index in [0.29, 0.717) is 17.9 Å². The maximum Gasteiger partial charge on any atom is 0.251 e. The van der Waals surface area contributed by atoms with Crippen LogP contribution in [0.15, 0.2) is 53.0 Å². The van der Waals surface area contributed by atoms with Crippen LogP contribution in [0.1, 0.15) is 29.8 Å². The second-order valence-electron chi connectivity index (χ2n) is 5.78. The van der Waals surface area contributed by atoms with E-state index >= 15 is 0 Å². The van der Waals surface area contributed by atoms with Gasteiger partial charge in [-0.05, 0) is 39.7 Å². The van der Waals surface area contributed by atoms with Crippen molar-refractivity contribution in [1.29, 1.82) is 0 Å². The lowest BCUT2D eigenvalue weighted by atomic mass is 9.84. The second-order valence-corrected chi connectivity index (χ2v) is 6.64. The molecule has 0 saturated carbocycles. The molecule has 4 heteroatoms. The Bertz CT molecular complexity index is 653. The van der Waals surface area contributed by atoms with Gasteiger partial charge in [-0.15, -0.1) is 0 Å². The van der Waals surface area contributed by atoms with Gasteiger partial charge in [0, 0.05) is 17.5 Å². The summed E-state index contributed by atoms with van der Waals surface area (Å²) in [6.45, 7) is 4.80. The van der Waals surface area contributed by atoms with Gasteiger partial charge in [-0.25, -0.2) is 0 Å². The highest BCUT2D eigenvalue weighted by Gasteiger charge is 2.21. The summed E-state index contributed by atoms with van der Waals surface area (Å²) < 4.78 is 5.94. The molecule has 0 unspecified atom stereocenters. The highest BCUT2D eigenvalue weighted by molar-refractivity contribution is 9.10. The maximum absolute atomic E-state index is 12.3. The van der Waals surface area contributed by atoms with Gasteiger partial charge in [-0.3, -0.25) is 4.79 Å². The first-order valence-electron chi connectivity index (χ1n) is 7.11. The number of carbonyl (C=O) groups excluding carboxylic acids is 1. The molecule has 0 spiro atoms. The molecule has 3 nitrogen and oxygen atoms in total.